The molecule has 3 rings (SSSR count). The van der Waals surface area contributed by atoms with Crippen LogP contribution < -0.4 is 0 Å². The SMILES string of the molecule is O=C(O)c1coc(-n2ccc(C3CC3)n2)n1. The summed E-state index contributed by atoms with van der Waals surface area (Å²) < 4.78 is 6.49. The number of hydrogen-bond donors (Lipinski definition) is 1. The van der Waals surface area contributed by atoms with Gasteiger partial charge >= 0.3 is 12.0 Å². The van der Waals surface area contributed by atoms with Crippen LogP contribution in [0.5, 0.6) is 0 Å². The number of carbonyl (C=O) groups is 1. The van der Waals surface area contributed by atoms with E-state index in [1.165, 1.54) is 17.5 Å². The number of carboxylic acids is 1. The lowest BCUT2D eigenvalue weighted by Gasteiger charge is -1.91. The van der Waals surface area contributed by atoms with Gasteiger partial charge in [0, 0.05) is 12.1 Å². The van der Waals surface area contributed by atoms with Crippen LogP contribution in [0.25, 0.3) is 6.01 Å². The Bertz CT molecular complexity index is 539. The lowest BCUT2D eigenvalue weighted by molar-refractivity contribution is 0.0690. The quantitative estimate of drug-likeness (QED) is 0.844. The van der Waals surface area contributed by atoms with Gasteiger partial charge < -0.3 is 9.52 Å². The van der Waals surface area contributed by atoms with Crippen molar-refractivity contribution in [2.75, 3.05) is 0 Å². The second-order valence-electron chi connectivity index (χ2n) is 3.78. The smallest absolute Gasteiger partial charge is 0.357 e. The highest BCUT2D eigenvalue weighted by Gasteiger charge is 2.26. The molecule has 0 unspecified atom stereocenters. The van der Waals surface area contributed by atoms with Gasteiger partial charge in [0.25, 0.3) is 0 Å². The van der Waals surface area contributed by atoms with Crippen molar-refractivity contribution in [1.82, 2.24) is 14.8 Å². The minimum absolute atomic E-state index is 0.113. The maximum atomic E-state index is 10.6. The predicted molar refractivity (Wildman–Crippen MR) is 52.6 cm³/mol. The lowest BCUT2D eigenvalue weighted by atomic mass is 10.3. The van der Waals surface area contributed by atoms with Gasteiger partial charge in [0.1, 0.15) is 6.26 Å². The highest BCUT2D eigenvalue weighted by atomic mass is 16.4. The summed E-state index contributed by atoms with van der Waals surface area (Å²) in [6.07, 6.45) is 5.17. The Labute approximate surface area is 90.5 Å². The molecule has 6 heteroatoms. The van der Waals surface area contributed by atoms with Gasteiger partial charge in [-0.15, -0.1) is 0 Å². The average molecular weight is 219 g/mol. The van der Waals surface area contributed by atoms with E-state index in [-0.39, 0.29) is 11.7 Å². The van der Waals surface area contributed by atoms with Crippen LogP contribution in [0, 0.1) is 0 Å². The summed E-state index contributed by atoms with van der Waals surface area (Å²) in [5.74, 6) is -0.556. The second-order valence-corrected chi connectivity index (χ2v) is 3.78. The highest BCUT2D eigenvalue weighted by molar-refractivity contribution is 5.84. The van der Waals surface area contributed by atoms with E-state index in [0.717, 1.165) is 12.0 Å². The monoisotopic (exact) mass is 219 g/mol. The fourth-order valence-corrected chi connectivity index (χ4v) is 1.51. The summed E-state index contributed by atoms with van der Waals surface area (Å²) in [4.78, 5) is 14.4. The van der Waals surface area contributed by atoms with Crippen LogP contribution in [0.4, 0.5) is 0 Å². The molecule has 1 saturated carbocycles. The van der Waals surface area contributed by atoms with Crippen molar-refractivity contribution in [2.24, 2.45) is 0 Å². The molecule has 1 aliphatic rings. The van der Waals surface area contributed by atoms with Crippen LogP contribution in [0.15, 0.2) is 22.9 Å². The van der Waals surface area contributed by atoms with E-state index in [4.69, 9.17) is 9.52 Å². The third-order valence-corrected chi connectivity index (χ3v) is 2.51. The molecule has 0 radical (unpaired) electrons. The van der Waals surface area contributed by atoms with Gasteiger partial charge in [-0.1, -0.05) is 0 Å². The number of hydrogen-bond acceptors (Lipinski definition) is 4. The van der Waals surface area contributed by atoms with E-state index in [9.17, 15) is 4.79 Å². The molecule has 0 aromatic carbocycles. The standard InChI is InChI=1S/C10H9N3O3/c14-9(15)8-5-16-10(11-8)13-4-3-7(12-13)6-1-2-6/h3-6H,1-2H2,(H,14,15). The zero-order chi connectivity index (χ0) is 11.1. The van der Waals surface area contributed by atoms with E-state index >= 15 is 0 Å². The summed E-state index contributed by atoms with van der Waals surface area (Å²) in [6.45, 7) is 0. The molecule has 0 aliphatic heterocycles. The first-order chi connectivity index (χ1) is 7.74. The minimum atomic E-state index is -1.11. The third-order valence-electron chi connectivity index (χ3n) is 2.51. The molecule has 0 spiro atoms. The molecule has 6 nitrogen and oxygen atoms in total. The molecule has 1 aliphatic carbocycles. The molecule has 1 fully saturated rings. The van der Waals surface area contributed by atoms with Gasteiger partial charge in [-0.25, -0.2) is 4.79 Å². The molecule has 1 N–H and O–H groups in total. The van der Waals surface area contributed by atoms with Gasteiger partial charge in [0.05, 0.1) is 5.69 Å². The van der Waals surface area contributed by atoms with Crippen LogP contribution in [0.3, 0.4) is 0 Å². The summed E-state index contributed by atoms with van der Waals surface area (Å²) in [6, 6.07) is 2.09. The summed E-state index contributed by atoms with van der Waals surface area (Å²) >= 11 is 0. The van der Waals surface area contributed by atoms with E-state index in [2.05, 4.69) is 10.1 Å². The van der Waals surface area contributed by atoms with Crippen molar-refractivity contribution in [3.8, 4) is 6.01 Å². The van der Waals surface area contributed by atoms with Gasteiger partial charge in [0.2, 0.25) is 0 Å². The lowest BCUT2D eigenvalue weighted by Crippen LogP contribution is -1.99. The molecule has 16 heavy (non-hydrogen) atoms. The minimum Gasteiger partial charge on any atom is -0.476 e. The molecule has 0 saturated heterocycles. The number of rotatable bonds is 3. The molecule has 2 heterocycles. The van der Waals surface area contributed by atoms with Crippen LogP contribution in [0.1, 0.15) is 34.9 Å². The van der Waals surface area contributed by atoms with Crippen LogP contribution >= 0.6 is 0 Å². The molecule has 0 bridgehead atoms. The van der Waals surface area contributed by atoms with E-state index in [1.807, 2.05) is 6.07 Å². The fourth-order valence-electron chi connectivity index (χ4n) is 1.51. The first-order valence-corrected chi connectivity index (χ1v) is 4.99. The maximum absolute atomic E-state index is 10.6. The Morgan fingerprint density at radius 1 is 1.56 bits per heavy atom. The number of oxazole rings is 1. The van der Waals surface area contributed by atoms with Crippen molar-refractivity contribution in [2.45, 2.75) is 18.8 Å². The van der Waals surface area contributed by atoms with E-state index < -0.39 is 5.97 Å². The summed E-state index contributed by atoms with van der Waals surface area (Å²) in [7, 11) is 0. The summed E-state index contributed by atoms with van der Waals surface area (Å²) in [5, 5.41) is 13.0. The normalized spacial score (nSPS) is 15.2. The van der Waals surface area contributed by atoms with Crippen LogP contribution in [-0.2, 0) is 0 Å². The Morgan fingerprint density at radius 3 is 3.00 bits per heavy atom. The summed E-state index contributed by atoms with van der Waals surface area (Å²) in [5.41, 5.74) is 0.897. The Balaban J connectivity index is 1.91. The van der Waals surface area contributed by atoms with Gasteiger partial charge in [-0.2, -0.15) is 14.8 Å². The van der Waals surface area contributed by atoms with Crippen molar-refractivity contribution in [3.05, 3.63) is 29.9 Å². The van der Waals surface area contributed by atoms with Crippen molar-refractivity contribution < 1.29 is 14.3 Å². The maximum Gasteiger partial charge on any atom is 0.357 e. The Morgan fingerprint density at radius 2 is 2.38 bits per heavy atom. The second kappa shape index (κ2) is 3.19. The molecule has 2 aromatic rings. The first kappa shape index (κ1) is 9.14. The number of aromatic nitrogens is 3. The zero-order valence-corrected chi connectivity index (χ0v) is 8.33. The van der Waals surface area contributed by atoms with Crippen molar-refractivity contribution >= 4 is 5.97 Å². The largest absolute Gasteiger partial charge is 0.476 e. The fraction of sp³-hybridized carbons (Fsp3) is 0.300. The molecular weight excluding hydrogens is 210 g/mol. The molecule has 0 amide bonds. The van der Waals surface area contributed by atoms with Crippen molar-refractivity contribution in [1.29, 1.82) is 0 Å². The van der Waals surface area contributed by atoms with Gasteiger partial charge in [0.15, 0.2) is 5.69 Å². The number of nitrogens with zero attached hydrogens (tertiary/aromatic N) is 3. The molecule has 0 atom stereocenters. The molecular formula is C10H9N3O3. The third kappa shape index (κ3) is 1.48. The molecule has 2 aromatic heterocycles. The molecule has 82 valence electrons. The van der Waals surface area contributed by atoms with E-state index in [1.54, 1.807) is 6.20 Å². The van der Waals surface area contributed by atoms with Crippen molar-refractivity contribution in [3.63, 3.8) is 0 Å². The number of carboxylic acid groups (broad SMARTS) is 1. The zero-order valence-electron chi connectivity index (χ0n) is 8.33. The topological polar surface area (TPSA) is 81.1 Å². The van der Waals surface area contributed by atoms with Crippen LogP contribution in [-0.4, -0.2) is 25.8 Å². The highest BCUT2D eigenvalue weighted by Crippen LogP contribution is 2.38. The first-order valence-electron chi connectivity index (χ1n) is 4.99. The predicted octanol–water partition coefficient (Wildman–Crippen LogP) is 1.44. The Kier molecular flexibility index (Phi) is 1.82. The van der Waals surface area contributed by atoms with Gasteiger partial charge in [-0.05, 0) is 18.9 Å². The Hall–Kier alpha value is -2.11. The average Bonchev–Trinajstić information content (AvgIpc) is 2.83. The van der Waals surface area contributed by atoms with Gasteiger partial charge in [-0.3, -0.25) is 0 Å². The van der Waals surface area contributed by atoms with Crippen LogP contribution in [0.2, 0.25) is 0 Å². The van der Waals surface area contributed by atoms with E-state index in [0.29, 0.717) is 5.92 Å². The number of aromatic carboxylic acids is 1.